The van der Waals surface area contributed by atoms with E-state index in [2.05, 4.69) is 20.9 Å². The van der Waals surface area contributed by atoms with E-state index in [0.717, 1.165) is 16.5 Å². The molecular formula is C20H24N4O5. The highest BCUT2D eigenvalue weighted by atomic mass is 16.5. The van der Waals surface area contributed by atoms with Crippen LogP contribution < -0.4 is 16.0 Å². The van der Waals surface area contributed by atoms with Crippen LogP contribution in [0.15, 0.2) is 30.5 Å². The number of rotatable bonds is 7. The van der Waals surface area contributed by atoms with Crippen LogP contribution in [0.5, 0.6) is 0 Å². The van der Waals surface area contributed by atoms with Crippen molar-refractivity contribution in [3.8, 4) is 0 Å². The zero-order chi connectivity index (χ0) is 21.0. The van der Waals surface area contributed by atoms with Gasteiger partial charge in [0, 0.05) is 29.9 Å². The van der Waals surface area contributed by atoms with Crippen molar-refractivity contribution in [1.29, 1.82) is 0 Å². The molecule has 0 unspecified atom stereocenters. The first-order valence-electron chi connectivity index (χ1n) is 9.42. The first-order valence-corrected chi connectivity index (χ1v) is 9.42. The van der Waals surface area contributed by atoms with Crippen LogP contribution in [-0.4, -0.2) is 53.9 Å². The minimum absolute atomic E-state index is 0.0197. The Morgan fingerprint density at radius 2 is 1.93 bits per heavy atom. The fourth-order valence-electron chi connectivity index (χ4n) is 3.34. The average Bonchev–Trinajstić information content (AvgIpc) is 3.11. The molecule has 2 heterocycles. The van der Waals surface area contributed by atoms with E-state index in [1.54, 1.807) is 13.1 Å². The van der Waals surface area contributed by atoms with Gasteiger partial charge >= 0.3 is 5.97 Å². The molecule has 2 aromatic rings. The third-order valence-corrected chi connectivity index (χ3v) is 4.96. The molecule has 1 fully saturated rings. The number of aromatic amines is 1. The number of benzene rings is 1. The molecule has 154 valence electrons. The predicted molar refractivity (Wildman–Crippen MR) is 105 cm³/mol. The van der Waals surface area contributed by atoms with Gasteiger partial charge in [-0.1, -0.05) is 18.2 Å². The fourth-order valence-corrected chi connectivity index (χ4v) is 3.34. The first-order chi connectivity index (χ1) is 13.9. The number of piperazine rings is 1. The second-order valence-corrected chi connectivity index (χ2v) is 7.04. The molecule has 1 saturated heterocycles. The highest BCUT2D eigenvalue weighted by molar-refractivity contribution is 5.97. The summed E-state index contributed by atoms with van der Waals surface area (Å²) in [5, 5.41) is 8.78. The Hall–Kier alpha value is -3.36. The van der Waals surface area contributed by atoms with Gasteiger partial charge in [0.25, 0.3) is 0 Å². The van der Waals surface area contributed by atoms with Gasteiger partial charge in [-0.3, -0.25) is 14.4 Å². The van der Waals surface area contributed by atoms with Crippen LogP contribution in [0.25, 0.3) is 10.9 Å². The summed E-state index contributed by atoms with van der Waals surface area (Å²) in [5.74, 6) is -1.57. The van der Waals surface area contributed by atoms with Crippen LogP contribution in [0, 0.1) is 0 Å². The number of aromatic nitrogens is 1. The second kappa shape index (κ2) is 8.76. The normalized spacial score (nSPS) is 19.9. The van der Waals surface area contributed by atoms with Gasteiger partial charge in [0.15, 0.2) is 0 Å². The van der Waals surface area contributed by atoms with Gasteiger partial charge in [-0.25, -0.2) is 4.79 Å². The largest absolute Gasteiger partial charge is 0.467 e. The molecule has 3 rings (SSSR count). The second-order valence-electron chi connectivity index (χ2n) is 7.04. The maximum atomic E-state index is 12.4. The zero-order valence-corrected chi connectivity index (χ0v) is 16.3. The molecule has 1 aliphatic heterocycles. The van der Waals surface area contributed by atoms with Crippen molar-refractivity contribution in [2.24, 2.45) is 0 Å². The molecule has 0 saturated carbocycles. The summed E-state index contributed by atoms with van der Waals surface area (Å²) in [7, 11) is 1.26. The number of hydrogen-bond donors (Lipinski definition) is 4. The Balaban J connectivity index is 1.61. The quantitative estimate of drug-likeness (QED) is 0.492. The molecule has 9 nitrogen and oxygen atoms in total. The summed E-state index contributed by atoms with van der Waals surface area (Å²) in [6.45, 7) is 1.59. The van der Waals surface area contributed by atoms with E-state index >= 15 is 0 Å². The molecule has 1 aromatic carbocycles. The highest BCUT2D eigenvalue weighted by Crippen LogP contribution is 2.19. The summed E-state index contributed by atoms with van der Waals surface area (Å²) in [5.41, 5.74) is 1.81. The van der Waals surface area contributed by atoms with Crippen LogP contribution in [-0.2, 0) is 30.3 Å². The van der Waals surface area contributed by atoms with Crippen molar-refractivity contribution >= 4 is 34.6 Å². The van der Waals surface area contributed by atoms with Crippen molar-refractivity contribution < 1.29 is 23.9 Å². The van der Waals surface area contributed by atoms with E-state index in [0.29, 0.717) is 0 Å². The summed E-state index contributed by atoms with van der Waals surface area (Å²) >= 11 is 0. The van der Waals surface area contributed by atoms with E-state index in [-0.39, 0.29) is 31.1 Å². The summed E-state index contributed by atoms with van der Waals surface area (Å²) in [4.78, 5) is 51.3. The Kier molecular flexibility index (Phi) is 6.16. The Labute approximate surface area is 167 Å². The molecule has 1 aliphatic rings. The number of methoxy groups -OCH3 is 1. The zero-order valence-electron chi connectivity index (χ0n) is 16.3. The lowest BCUT2D eigenvalue weighted by atomic mass is 10.0. The van der Waals surface area contributed by atoms with Crippen LogP contribution >= 0.6 is 0 Å². The number of H-pyrrole nitrogens is 1. The Morgan fingerprint density at radius 1 is 1.17 bits per heavy atom. The predicted octanol–water partition coefficient (Wildman–Crippen LogP) is 0.152. The summed E-state index contributed by atoms with van der Waals surface area (Å²) in [6, 6.07) is 5.44. The van der Waals surface area contributed by atoms with Crippen LogP contribution in [0.2, 0.25) is 0 Å². The number of nitrogens with one attached hydrogen (secondary N) is 4. The molecule has 4 N–H and O–H groups in total. The lowest BCUT2D eigenvalue weighted by molar-refractivity contribution is -0.145. The molecule has 9 heteroatoms. The van der Waals surface area contributed by atoms with Gasteiger partial charge in [0.05, 0.1) is 7.11 Å². The highest BCUT2D eigenvalue weighted by Gasteiger charge is 2.31. The van der Waals surface area contributed by atoms with Crippen LogP contribution in [0.1, 0.15) is 25.3 Å². The lowest BCUT2D eigenvalue weighted by Gasteiger charge is -2.27. The monoisotopic (exact) mass is 400 g/mol. The number of carbonyl (C=O) groups is 4. The number of esters is 1. The van der Waals surface area contributed by atoms with Gasteiger partial charge in [-0.2, -0.15) is 0 Å². The van der Waals surface area contributed by atoms with Crippen molar-refractivity contribution in [1.82, 2.24) is 20.9 Å². The maximum Gasteiger partial charge on any atom is 0.328 e. The Morgan fingerprint density at radius 3 is 2.69 bits per heavy atom. The number of hydrogen-bond acceptors (Lipinski definition) is 5. The molecule has 0 spiro atoms. The smallest absolute Gasteiger partial charge is 0.328 e. The lowest BCUT2D eigenvalue weighted by Crippen LogP contribution is -2.60. The number of para-hydroxylation sites is 1. The van der Waals surface area contributed by atoms with E-state index in [1.807, 2.05) is 24.3 Å². The molecule has 3 atom stereocenters. The number of amides is 3. The third-order valence-electron chi connectivity index (χ3n) is 4.96. The standard InChI is InChI=1S/C20H24N4O5/c1-11-18(26)24-15(19(27)22-11)7-8-17(25)23-16(20(28)29-2)9-12-10-21-14-6-4-3-5-13(12)14/h3-6,10-11,15-16,21H,7-9H2,1-2H3,(H,22,27)(H,23,25)(H,24,26)/t11-,15-,16+/m1/s1. The first kappa shape index (κ1) is 20.4. The maximum absolute atomic E-state index is 12.4. The minimum atomic E-state index is -0.860. The molecule has 0 bridgehead atoms. The van der Waals surface area contributed by atoms with Gasteiger partial charge in [-0.15, -0.1) is 0 Å². The SMILES string of the molecule is COC(=O)[C@H](Cc1c[nH]c2ccccc12)NC(=O)CC[C@H]1NC(=O)[C@@H](C)NC1=O. The molecule has 1 aromatic heterocycles. The average molecular weight is 400 g/mol. The van der Waals surface area contributed by atoms with Crippen molar-refractivity contribution in [3.05, 3.63) is 36.0 Å². The van der Waals surface area contributed by atoms with Crippen molar-refractivity contribution in [3.63, 3.8) is 0 Å². The van der Waals surface area contributed by atoms with E-state index in [4.69, 9.17) is 4.74 Å². The molecule has 0 aliphatic carbocycles. The van der Waals surface area contributed by atoms with Crippen LogP contribution in [0.3, 0.4) is 0 Å². The van der Waals surface area contributed by atoms with Crippen LogP contribution in [0.4, 0.5) is 0 Å². The molecule has 29 heavy (non-hydrogen) atoms. The fraction of sp³-hybridized carbons (Fsp3) is 0.400. The Bertz CT molecular complexity index is 938. The van der Waals surface area contributed by atoms with Gasteiger partial charge in [0.2, 0.25) is 17.7 Å². The van der Waals surface area contributed by atoms with Gasteiger partial charge in [0.1, 0.15) is 18.1 Å². The topological polar surface area (TPSA) is 129 Å². The van der Waals surface area contributed by atoms with E-state index in [9.17, 15) is 19.2 Å². The number of fused-ring (bicyclic) bond motifs is 1. The molecule has 3 amide bonds. The van der Waals surface area contributed by atoms with E-state index in [1.165, 1.54) is 7.11 Å². The van der Waals surface area contributed by atoms with Gasteiger partial charge < -0.3 is 25.7 Å². The molecular weight excluding hydrogens is 376 g/mol. The third kappa shape index (κ3) is 4.74. The number of ether oxygens (including phenoxy) is 1. The van der Waals surface area contributed by atoms with Crippen molar-refractivity contribution in [2.75, 3.05) is 7.11 Å². The summed E-state index contributed by atoms with van der Waals surface area (Å²) < 4.78 is 4.83. The minimum Gasteiger partial charge on any atom is -0.467 e. The molecule has 0 radical (unpaired) electrons. The number of carbonyl (C=O) groups excluding carboxylic acids is 4. The van der Waals surface area contributed by atoms with Crippen molar-refractivity contribution in [2.45, 2.75) is 44.3 Å². The van der Waals surface area contributed by atoms with E-state index < -0.39 is 30.0 Å². The van der Waals surface area contributed by atoms with Gasteiger partial charge in [-0.05, 0) is 25.0 Å². The summed E-state index contributed by atoms with van der Waals surface area (Å²) in [6.07, 6.45) is 2.18.